The van der Waals surface area contributed by atoms with Gasteiger partial charge in [-0.25, -0.2) is 9.97 Å². The van der Waals surface area contributed by atoms with Crippen molar-refractivity contribution in [2.24, 2.45) is 0 Å². The van der Waals surface area contributed by atoms with Gasteiger partial charge in [-0.15, -0.1) is 0 Å². The summed E-state index contributed by atoms with van der Waals surface area (Å²) in [4.78, 5) is 8.43. The average molecular weight is 264 g/mol. The van der Waals surface area contributed by atoms with E-state index in [4.69, 9.17) is 16.3 Å². The molecule has 0 amide bonds. The molecule has 1 heterocycles. The van der Waals surface area contributed by atoms with Crippen LogP contribution in [0.3, 0.4) is 0 Å². The smallest absolute Gasteiger partial charge is 0.228 e. The van der Waals surface area contributed by atoms with E-state index in [2.05, 4.69) is 15.3 Å². The Labute approximate surface area is 111 Å². The van der Waals surface area contributed by atoms with Crippen LogP contribution in [0.15, 0.2) is 30.3 Å². The minimum atomic E-state index is 0.395. The van der Waals surface area contributed by atoms with Gasteiger partial charge in [-0.3, -0.25) is 0 Å². The summed E-state index contributed by atoms with van der Waals surface area (Å²) in [6.07, 6.45) is 0. The molecule has 1 aromatic carbocycles. The van der Waals surface area contributed by atoms with E-state index < -0.39 is 0 Å². The third-order valence-electron chi connectivity index (χ3n) is 2.35. The first kappa shape index (κ1) is 12.8. The zero-order chi connectivity index (χ0) is 13.0. The van der Waals surface area contributed by atoms with Crippen molar-refractivity contribution in [3.63, 3.8) is 0 Å². The molecular weight excluding hydrogens is 250 g/mol. The van der Waals surface area contributed by atoms with E-state index in [0.717, 1.165) is 11.4 Å². The van der Waals surface area contributed by atoms with Crippen LogP contribution in [-0.2, 0) is 11.3 Å². The monoisotopic (exact) mass is 263 g/mol. The van der Waals surface area contributed by atoms with Crippen LogP contribution in [0, 0.1) is 6.92 Å². The van der Waals surface area contributed by atoms with Crippen LogP contribution in [0.4, 0.5) is 11.6 Å². The fraction of sp³-hybridized carbons (Fsp3) is 0.231. The average Bonchev–Trinajstić information content (AvgIpc) is 2.32. The molecule has 0 saturated carbocycles. The van der Waals surface area contributed by atoms with Gasteiger partial charge in [0.25, 0.3) is 0 Å². The summed E-state index contributed by atoms with van der Waals surface area (Å²) in [6, 6.07) is 9.66. The van der Waals surface area contributed by atoms with E-state index in [-0.39, 0.29) is 0 Å². The van der Waals surface area contributed by atoms with Crippen LogP contribution in [0.25, 0.3) is 0 Å². The topological polar surface area (TPSA) is 47.0 Å². The van der Waals surface area contributed by atoms with E-state index >= 15 is 0 Å². The van der Waals surface area contributed by atoms with Gasteiger partial charge in [-0.05, 0) is 25.1 Å². The molecule has 2 rings (SSSR count). The predicted octanol–water partition coefficient (Wildman–Crippen LogP) is 3.33. The lowest BCUT2D eigenvalue weighted by atomic mass is 10.2. The van der Waals surface area contributed by atoms with Gasteiger partial charge < -0.3 is 10.1 Å². The summed E-state index contributed by atoms with van der Waals surface area (Å²) < 4.78 is 5.03. The highest BCUT2D eigenvalue weighted by molar-refractivity contribution is 6.29. The van der Waals surface area contributed by atoms with Crippen LogP contribution >= 0.6 is 11.6 Å². The Balaban J connectivity index is 2.20. The van der Waals surface area contributed by atoms with E-state index in [9.17, 15) is 0 Å². The number of nitrogens with zero attached hydrogens (tertiary/aromatic N) is 2. The molecule has 0 fully saturated rings. The molecule has 0 aliphatic carbocycles. The Kier molecular flexibility index (Phi) is 4.12. The van der Waals surface area contributed by atoms with E-state index in [1.165, 1.54) is 5.56 Å². The van der Waals surface area contributed by atoms with Crippen LogP contribution in [-0.4, -0.2) is 17.1 Å². The number of halogens is 1. The van der Waals surface area contributed by atoms with Crippen molar-refractivity contribution in [3.05, 3.63) is 46.7 Å². The molecule has 0 saturated heterocycles. The van der Waals surface area contributed by atoms with Crippen molar-refractivity contribution in [1.29, 1.82) is 0 Å². The third kappa shape index (κ3) is 3.42. The maximum Gasteiger partial charge on any atom is 0.228 e. The summed E-state index contributed by atoms with van der Waals surface area (Å²) >= 11 is 5.93. The zero-order valence-corrected chi connectivity index (χ0v) is 11.0. The lowest BCUT2D eigenvalue weighted by Crippen LogP contribution is -2.01. The van der Waals surface area contributed by atoms with Crippen LogP contribution in [0.1, 0.15) is 11.3 Å². The molecule has 0 aliphatic heterocycles. The van der Waals surface area contributed by atoms with Gasteiger partial charge in [-0.2, -0.15) is 0 Å². The Bertz CT molecular complexity index is 528. The highest BCUT2D eigenvalue weighted by Gasteiger charge is 2.03. The van der Waals surface area contributed by atoms with Crippen LogP contribution in [0.5, 0.6) is 0 Å². The maximum absolute atomic E-state index is 5.93. The molecule has 0 spiro atoms. The van der Waals surface area contributed by atoms with Gasteiger partial charge in [0.2, 0.25) is 5.95 Å². The molecule has 4 nitrogen and oxygen atoms in total. The van der Waals surface area contributed by atoms with Crippen molar-refractivity contribution < 1.29 is 4.74 Å². The van der Waals surface area contributed by atoms with Crippen LogP contribution < -0.4 is 5.32 Å². The normalized spacial score (nSPS) is 10.4. The van der Waals surface area contributed by atoms with Gasteiger partial charge in [0, 0.05) is 12.8 Å². The quantitative estimate of drug-likeness (QED) is 0.860. The second-order valence-corrected chi connectivity index (χ2v) is 4.32. The first-order chi connectivity index (χ1) is 8.67. The molecule has 1 aromatic heterocycles. The molecule has 1 N–H and O–H groups in total. The molecule has 0 bridgehead atoms. The predicted molar refractivity (Wildman–Crippen MR) is 72.2 cm³/mol. The van der Waals surface area contributed by atoms with E-state index in [1.54, 1.807) is 13.2 Å². The Morgan fingerprint density at radius 1 is 1.22 bits per heavy atom. The lowest BCUT2D eigenvalue weighted by Gasteiger charge is -2.07. The number of hydrogen-bond donors (Lipinski definition) is 1. The second kappa shape index (κ2) is 5.80. The van der Waals surface area contributed by atoms with Gasteiger partial charge in [-0.1, -0.05) is 29.3 Å². The number of benzene rings is 1. The fourth-order valence-electron chi connectivity index (χ4n) is 1.51. The number of hydrogen-bond acceptors (Lipinski definition) is 4. The van der Waals surface area contributed by atoms with Gasteiger partial charge >= 0.3 is 0 Å². The Morgan fingerprint density at radius 3 is 2.61 bits per heavy atom. The summed E-state index contributed by atoms with van der Waals surface area (Å²) in [5.41, 5.74) is 2.87. The summed E-state index contributed by atoms with van der Waals surface area (Å²) in [5, 5.41) is 3.50. The zero-order valence-electron chi connectivity index (χ0n) is 10.3. The first-order valence-corrected chi connectivity index (χ1v) is 5.91. The molecule has 0 radical (unpaired) electrons. The van der Waals surface area contributed by atoms with Crippen LogP contribution in [0.2, 0.25) is 5.15 Å². The maximum atomic E-state index is 5.93. The number of anilines is 2. The minimum Gasteiger partial charge on any atom is -0.378 e. The largest absolute Gasteiger partial charge is 0.378 e. The fourth-order valence-corrected chi connectivity index (χ4v) is 1.71. The molecule has 94 valence electrons. The van der Waals surface area contributed by atoms with Crippen molar-refractivity contribution in [3.8, 4) is 0 Å². The third-order valence-corrected chi connectivity index (χ3v) is 2.54. The Morgan fingerprint density at radius 2 is 1.94 bits per heavy atom. The molecule has 0 unspecified atom stereocenters. The number of aromatic nitrogens is 2. The van der Waals surface area contributed by atoms with Gasteiger partial charge in [0.15, 0.2) is 0 Å². The minimum absolute atomic E-state index is 0.395. The molecule has 0 aliphatic rings. The summed E-state index contributed by atoms with van der Waals surface area (Å²) in [6.45, 7) is 2.45. The van der Waals surface area contributed by atoms with Crippen molar-refractivity contribution in [2.75, 3.05) is 12.4 Å². The molecule has 2 aromatic rings. The number of rotatable bonds is 4. The highest BCUT2D eigenvalue weighted by atomic mass is 35.5. The van der Waals surface area contributed by atoms with Crippen molar-refractivity contribution in [1.82, 2.24) is 9.97 Å². The standard InChI is InChI=1S/C13H14ClN3O/c1-9-3-5-10(6-4-9)15-13-16-11(8-18-2)7-12(14)17-13/h3-7H,8H2,1-2H3,(H,15,16,17). The highest BCUT2D eigenvalue weighted by Crippen LogP contribution is 2.16. The molecule has 0 atom stereocenters. The molecule has 5 heteroatoms. The first-order valence-electron chi connectivity index (χ1n) is 5.53. The van der Waals surface area contributed by atoms with Gasteiger partial charge in [0.1, 0.15) is 5.15 Å². The van der Waals surface area contributed by atoms with Crippen molar-refractivity contribution >= 4 is 23.2 Å². The number of nitrogens with one attached hydrogen (secondary N) is 1. The number of methoxy groups -OCH3 is 1. The van der Waals surface area contributed by atoms with Crippen molar-refractivity contribution in [2.45, 2.75) is 13.5 Å². The number of aryl methyl sites for hydroxylation is 1. The number of ether oxygens (including phenoxy) is 1. The lowest BCUT2D eigenvalue weighted by molar-refractivity contribution is 0.181. The molecule has 18 heavy (non-hydrogen) atoms. The van der Waals surface area contributed by atoms with Gasteiger partial charge in [0.05, 0.1) is 12.3 Å². The summed E-state index contributed by atoms with van der Waals surface area (Å²) in [5.74, 6) is 0.471. The second-order valence-electron chi connectivity index (χ2n) is 3.93. The summed E-state index contributed by atoms with van der Waals surface area (Å²) in [7, 11) is 1.61. The van der Waals surface area contributed by atoms with E-state index in [1.807, 2.05) is 31.2 Å². The Hall–Kier alpha value is -1.65. The van der Waals surface area contributed by atoms with E-state index in [0.29, 0.717) is 17.7 Å². The molecular formula is C13H14ClN3O. The SMILES string of the molecule is COCc1cc(Cl)nc(Nc2ccc(C)cc2)n1.